The van der Waals surface area contributed by atoms with E-state index in [9.17, 15) is 4.79 Å². The number of hydrogen-bond acceptors (Lipinski definition) is 5. The van der Waals surface area contributed by atoms with Crippen LogP contribution >= 0.6 is 0 Å². The minimum Gasteiger partial charge on any atom is -0.379 e. The lowest BCUT2D eigenvalue weighted by molar-refractivity contribution is 0.0204. The molecule has 3 aromatic rings. The number of ether oxygens (including phenoxy) is 1. The predicted octanol–water partition coefficient (Wildman–Crippen LogP) is 2.55. The van der Waals surface area contributed by atoms with Crippen molar-refractivity contribution in [3.8, 4) is 0 Å². The van der Waals surface area contributed by atoms with E-state index < -0.39 is 0 Å². The van der Waals surface area contributed by atoms with E-state index in [0.29, 0.717) is 18.7 Å². The summed E-state index contributed by atoms with van der Waals surface area (Å²) >= 11 is 0. The van der Waals surface area contributed by atoms with Crippen LogP contribution in [-0.2, 0) is 11.3 Å². The highest BCUT2D eigenvalue weighted by Gasteiger charge is 2.19. The Morgan fingerprint density at radius 2 is 1.97 bits per heavy atom. The van der Waals surface area contributed by atoms with Crippen LogP contribution in [0.15, 0.2) is 36.4 Å². The Kier molecular flexibility index (Phi) is 6.11. The van der Waals surface area contributed by atoms with Crippen molar-refractivity contribution in [2.24, 2.45) is 0 Å². The molecular weight excluding hydrogens is 378 g/mol. The van der Waals surface area contributed by atoms with Crippen molar-refractivity contribution in [2.45, 2.75) is 33.4 Å². The minimum absolute atomic E-state index is 0.0664. The second-order valence-corrected chi connectivity index (χ2v) is 7.97. The Hall–Kier alpha value is -2.77. The third-order valence-corrected chi connectivity index (χ3v) is 5.66. The average molecular weight is 408 g/mol. The largest absolute Gasteiger partial charge is 0.379 e. The lowest BCUT2D eigenvalue weighted by Gasteiger charge is -2.32. The van der Waals surface area contributed by atoms with E-state index in [-0.39, 0.29) is 11.9 Å². The summed E-state index contributed by atoms with van der Waals surface area (Å²) in [6.45, 7) is 10.6. The number of morpholine rings is 1. The first kappa shape index (κ1) is 20.5. The van der Waals surface area contributed by atoms with Crippen LogP contribution in [0.5, 0.6) is 0 Å². The summed E-state index contributed by atoms with van der Waals surface area (Å²) in [6, 6.07) is 12.0. The topological polar surface area (TPSA) is 72.3 Å². The van der Waals surface area contributed by atoms with Gasteiger partial charge in [0.1, 0.15) is 0 Å². The van der Waals surface area contributed by atoms with E-state index in [1.807, 2.05) is 54.9 Å². The third kappa shape index (κ3) is 4.52. The molecule has 1 atom stereocenters. The van der Waals surface area contributed by atoms with Gasteiger partial charge in [0, 0.05) is 36.8 Å². The highest BCUT2D eigenvalue weighted by Crippen LogP contribution is 2.19. The van der Waals surface area contributed by atoms with Gasteiger partial charge < -0.3 is 10.1 Å². The number of fused-ring (bicyclic) bond motifs is 1. The number of pyridine rings is 1. The maximum absolute atomic E-state index is 13.1. The number of carbonyl (C=O) groups excluding carboxylic acids is 1. The monoisotopic (exact) mass is 407 g/mol. The first-order valence-electron chi connectivity index (χ1n) is 10.5. The fourth-order valence-electron chi connectivity index (χ4n) is 3.97. The van der Waals surface area contributed by atoms with E-state index in [1.54, 1.807) is 0 Å². The van der Waals surface area contributed by atoms with Gasteiger partial charge in [-0.25, -0.2) is 0 Å². The molecule has 1 fully saturated rings. The van der Waals surface area contributed by atoms with Crippen molar-refractivity contribution in [3.05, 3.63) is 59.0 Å². The highest BCUT2D eigenvalue weighted by atomic mass is 16.5. The Bertz CT molecular complexity index is 1040. The van der Waals surface area contributed by atoms with Crippen LogP contribution in [-0.4, -0.2) is 64.5 Å². The van der Waals surface area contributed by atoms with Gasteiger partial charge >= 0.3 is 0 Å². The highest BCUT2D eigenvalue weighted by molar-refractivity contribution is 6.06. The first-order valence-corrected chi connectivity index (χ1v) is 10.5. The van der Waals surface area contributed by atoms with Crippen LogP contribution in [0, 0.1) is 13.8 Å². The van der Waals surface area contributed by atoms with Gasteiger partial charge in [-0.2, -0.15) is 5.10 Å². The third-order valence-electron chi connectivity index (χ3n) is 5.66. The second kappa shape index (κ2) is 8.93. The van der Waals surface area contributed by atoms with Crippen LogP contribution in [0.1, 0.15) is 34.4 Å². The summed E-state index contributed by atoms with van der Waals surface area (Å²) in [6.07, 6.45) is 0. The zero-order valence-electron chi connectivity index (χ0n) is 17.9. The van der Waals surface area contributed by atoms with Crippen molar-refractivity contribution in [1.82, 2.24) is 25.0 Å². The molecule has 1 aliphatic rings. The standard InChI is InChI=1S/C23H29N5O2/c1-16-12-17(2)28(26-16)15-19-13-21(20-6-4-5-7-22(20)25-19)23(29)24-14-18(3)27-8-10-30-11-9-27/h4-7,12-13,18H,8-11,14-15H2,1-3H3,(H,24,29). The summed E-state index contributed by atoms with van der Waals surface area (Å²) in [5.74, 6) is -0.0664. The van der Waals surface area contributed by atoms with Crippen molar-refractivity contribution >= 4 is 16.8 Å². The number of rotatable bonds is 6. The maximum atomic E-state index is 13.1. The minimum atomic E-state index is -0.0664. The quantitative estimate of drug-likeness (QED) is 0.680. The fraction of sp³-hybridized carbons (Fsp3) is 0.435. The molecule has 0 bridgehead atoms. The summed E-state index contributed by atoms with van der Waals surface area (Å²) in [4.78, 5) is 20.2. The van der Waals surface area contributed by atoms with Gasteiger partial charge in [-0.1, -0.05) is 18.2 Å². The molecule has 3 heterocycles. The van der Waals surface area contributed by atoms with Gasteiger partial charge in [-0.05, 0) is 39.0 Å². The summed E-state index contributed by atoms with van der Waals surface area (Å²) in [7, 11) is 0. The zero-order chi connectivity index (χ0) is 21.1. The molecule has 158 valence electrons. The molecule has 0 spiro atoms. The van der Waals surface area contributed by atoms with E-state index >= 15 is 0 Å². The molecule has 1 saturated heterocycles. The molecule has 1 unspecified atom stereocenters. The van der Waals surface area contributed by atoms with Gasteiger partial charge in [-0.15, -0.1) is 0 Å². The first-order chi connectivity index (χ1) is 14.5. The van der Waals surface area contributed by atoms with Gasteiger partial charge in [0.2, 0.25) is 0 Å². The number of amides is 1. The zero-order valence-corrected chi connectivity index (χ0v) is 17.9. The SMILES string of the molecule is Cc1cc(C)n(Cc2cc(C(=O)NCC(C)N3CCOCC3)c3ccccc3n2)n1. The maximum Gasteiger partial charge on any atom is 0.252 e. The summed E-state index contributed by atoms with van der Waals surface area (Å²) in [5, 5.41) is 8.52. The lowest BCUT2D eigenvalue weighted by Crippen LogP contribution is -2.47. The number of carbonyl (C=O) groups is 1. The smallest absolute Gasteiger partial charge is 0.252 e. The van der Waals surface area contributed by atoms with E-state index in [0.717, 1.165) is 54.3 Å². The Morgan fingerprint density at radius 1 is 1.20 bits per heavy atom. The second-order valence-electron chi connectivity index (χ2n) is 7.97. The normalized spacial score (nSPS) is 16.0. The molecule has 1 aromatic carbocycles. The van der Waals surface area contributed by atoms with Crippen molar-refractivity contribution < 1.29 is 9.53 Å². The Balaban J connectivity index is 1.55. The van der Waals surface area contributed by atoms with E-state index in [2.05, 4.69) is 22.2 Å². The average Bonchev–Trinajstić information content (AvgIpc) is 3.08. The summed E-state index contributed by atoms with van der Waals surface area (Å²) in [5.41, 5.74) is 4.36. The molecule has 1 aliphatic heterocycles. The van der Waals surface area contributed by atoms with Crippen LogP contribution in [0.25, 0.3) is 10.9 Å². The van der Waals surface area contributed by atoms with E-state index in [1.165, 1.54) is 0 Å². The number of aryl methyl sites for hydroxylation is 2. The van der Waals surface area contributed by atoms with Crippen LogP contribution in [0.4, 0.5) is 0 Å². The van der Waals surface area contributed by atoms with Crippen molar-refractivity contribution in [1.29, 1.82) is 0 Å². The summed E-state index contributed by atoms with van der Waals surface area (Å²) < 4.78 is 7.35. The Morgan fingerprint density at radius 3 is 2.70 bits per heavy atom. The fourth-order valence-corrected chi connectivity index (χ4v) is 3.97. The van der Waals surface area contributed by atoms with Gasteiger partial charge in [0.05, 0.1) is 42.2 Å². The van der Waals surface area contributed by atoms with Gasteiger partial charge in [0.25, 0.3) is 5.91 Å². The molecule has 0 aliphatic carbocycles. The molecule has 1 amide bonds. The van der Waals surface area contributed by atoms with Crippen molar-refractivity contribution in [3.63, 3.8) is 0 Å². The molecule has 1 N–H and O–H groups in total. The molecule has 30 heavy (non-hydrogen) atoms. The van der Waals surface area contributed by atoms with Crippen LogP contribution in [0.3, 0.4) is 0 Å². The van der Waals surface area contributed by atoms with Crippen LogP contribution in [0.2, 0.25) is 0 Å². The molecule has 4 rings (SSSR count). The van der Waals surface area contributed by atoms with Crippen molar-refractivity contribution in [2.75, 3.05) is 32.8 Å². The molecular formula is C23H29N5O2. The molecule has 7 nitrogen and oxygen atoms in total. The van der Waals surface area contributed by atoms with Crippen LogP contribution < -0.4 is 5.32 Å². The molecule has 2 aromatic heterocycles. The number of hydrogen-bond donors (Lipinski definition) is 1. The number of nitrogens with one attached hydrogen (secondary N) is 1. The van der Waals surface area contributed by atoms with E-state index in [4.69, 9.17) is 9.72 Å². The molecule has 0 saturated carbocycles. The number of benzene rings is 1. The number of para-hydroxylation sites is 1. The molecule has 0 radical (unpaired) electrons. The predicted molar refractivity (Wildman–Crippen MR) is 117 cm³/mol. The molecule has 7 heteroatoms. The Labute approximate surface area is 177 Å². The van der Waals surface area contributed by atoms with Gasteiger partial charge in [0.15, 0.2) is 0 Å². The lowest BCUT2D eigenvalue weighted by atomic mass is 10.1. The number of nitrogens with zero attached hydrogens (tertiary/aromatic N) is 4. The number of aromatic nitrogens is 3. The van der Waals surface area contributed by atoms with Gasteiger partial charge in [-0.3, -0.25) is 19.4 Å².